The summed E-state index contributed by atoms with van der Waals surface area (Å²) in [5, 5.41) is 23.2. The van der Waals surface area contributed by atoms with Crippen LogP contribution in [0, 0.1) is 0 Å². The Morgan fingerprint density at radius 2 is 1.86 bits per heavy atom. The third-order valence-corrected chi connectivity index (χ3v) is 4.32. The number of amides is 1. The van der Waals surface area contributed by atoms with E-state index in [-0.39, 0.29) is 18.9 Å². The normalized spacial score (nSPS) is 19.0. The highest BCUT2D eigenvalue weighted by atomic mass is 35.5. The van der Waals surface area contributed by atoms with Crippen molar-refractivity contribution in [1.82, 2.24) is 5.32 Å². The van der Waals surface area contributed by atoms with Gasteiger partial charge in [-0.05, 0) is 30.5 Å². The largest absolute Gasteiger partial charge is 0.394 e. The first-order valence-electron chi connectivity index (χ1n) is 7.40. The number of carbonyl (C=O) groups excluding carboxylic acids is 1. The van der Waals surface area contributed by atoms with Crippen molar-refractivity contribution in [2.75, 3.05) is 6.61 Å². The van der Waals surface area contributed by atoms with Gasteiger partial charge in [0.15, 0.2) is 0 Å². The minimum Gasteiger partial charge on any atom is -0.394 e. The van der Waals surface area contributed by atoms with Crippen molar-refractivity contribution in [3.05, 3.63) is 34.9 Å². The molecule has 1 aromatic carbocycles. The molecule has 1 unspecified atom stereocenters. The molecule has 0 radical (unpaired) electrons. The van der Waals surface area contributed by atoms with Gasteiger partial charge in [-0.25, -0.2) is 0 Å². The van der Waals surface area contributed by atoms with Crippen LogP contribution in [0.4, 0.5) is 0 Å². The first kappa shape index (κ1) is 16.3. The summed E-state index contributed by atoms with van der Waals surface area (Å²) < 4.78 is 0. The molecule has 4 nitrogen and oxygen atoms in total. The Labute approximate surface area is 130 Å². The van der Waals surface area contributed by atoms with Crippen LogP contribution in [0.2, 0.25) is 5.02 Å². The van der Waals surface area contributed by atoms with Gasteiger partial charge in [-0.2, -0.15) is 0 Å². The molecule has 5 heteroatoms. The Morgan fingerprint density at radius 1 is 1.24 bits per heavy atom. The summed E-state index contributed by atoms with van der Waals surface area (Å²) in [4.78, 5) is 12.1. The van der Waals surface area contributed by atoms with Gasteiger partial charge in [-0.3, -0.25) is 4.79 Å². The summed E-state index contributed by atoms with van der Waals surface area (Å²) in [5.74, 6) is -0.228. The Bertz CT molecular complexity index is 469. The zero-order valence-electron chi connectivity index (χ0n) is 12.0. The average molecular weight is 312 g/mol. The van der Waals surface area contributed by atoms with Gasteiger partial charge >= 0.3 is 0 Å². The van der Waals surface area contributed by atoms with Crippen LogP contribution in [0.15, 0.2) is 24.3 Å². The summed E-state index contributed by atoms with van der Waals surface area (Å²) in [6.45, 7) is -0.189. The van der Waals surface area contributed by atoms with Gasteiger partial charge in [0, 0.05) is 5.02 Å². The molecular weight excluding hydrogens is 290 g/mol. The summed E-state index contributed by atoms with van der Waals surface area (Å²) in [7, 11) is 0. The first-order chi connectivity index (χ1) is 10.0. The van der Waals surface area contributed by atoms with Crippen molar-refractivity contribution in [1.29, 1.82) is 0 Å². The second-order valence-corrected chi connectivity index (χ2v) is 6.25. The lowest BCUT2D eigenvalue weighted by atomic mass is 9.82. The van der Waals surface area contributed by atoms with Crippen molar-refractivity contribution in [3.63, 3.8) is 0 Å². The van der Waals surface area contributed by atoms with Crippen molar-refractivity contribution in [2.24, 2.45) is 0 Å². The average Bonchev–Trinajstić information content (AvgIpc) is 2.46. The van der Waals surface area contributed by atoms with Crippen LogP contribution in [0.5, 0.6) is 0 Å². The van der Waals surface area contributed by atoms with E-state index in [4.69, 9.17) is 11.6 Å². The van der Waals surface area contributed by atoms with Crippen LogP contribution in [0.3, 0.4) is 0 Å². The van der Waals surface area contributed by atoms with E-state index in [0.29, 0.717) is 17.9 Å². The lowest BCUT2D eigenvalue weighted by molar-refractivity contribution is -0.128. The maximum atomic E-state index is 12.1. The summed E-state index contributed by atoms with van der Waals surface area (Å²) >= 11 is 5.83. The molecule has 1 amide bonds. The van der Waals surface area contributed by atoms with Crippen LogP contribution in [-0.2, 0) is 4.79 Å². The van der Waals surface area contributed by atoms with Crippen molar-refractivity contribution in [3.8, 4) is 0 Å². The minimum absolute atomic E-state index is 0.0943. The Balaban J connectivity index is 1.94. The fourth-order valence-electron chi connectivity index (χ4n) is 2.86. The fraction of sp³-hybridized carbons (Fsp3) is 0.562. The van der Waals surface area contributed by atoms with Gasteiger partial charge in [0.1, 0.15) is 0 Å². The van der Waals surface area contributed by atoms with E-state index in [1.807, 2.05) is 0 Å². The van der Waals surface area contributed by atoms with E-state index >= 15 is 0 Å². The molecule has 2 rings (SSSR count). The second-order valence-electron chi connectivity index (χ2n) is 5.82. The molecule has 1 aliphatic rings. The van der Waals surface area contributed by atoms with E-state index in [1.165, 1.54) is 0 Å². The number of halogens is 1. The molecule has 1 atom stereocenters. The quantitative estimate of drug-likeness (QED) is 0.783. The maximum absolute atomic E-state index is 12.1. The van der Waals surface area contributed by atoms with Crippen molar-refractivity contribution >= 4 is 17.5 Å². The van der Waals surface area contributed by atoms with Crippen LogP contribution >= 0.6 is 11.6 Å². The highest BCUT2D eigenvalue weighted by Crippen LogP contribution is 2.31. The number of nitrogens with one attached hydrogen (secondary N) is 1. The molecule has 0 heterocycles. The molecule has 1 aromatic rings. The van der Waals surface area contributed by atoms with Gasteiger partial charge in [-0.15, -0.1) is 0 Å². The van der Waals surface area contributed by atoms with Gasteiger partial charge in [0.05, 0.1) is 24.7 Å². The number of aliphatic hydroxyl groups excluding tert-OH is 1. The molecule has 0 aromatic heterocycles. The zero-order chi connectivity index (χ0) is 15.3. The fourth-order valence-corrected chi connectivity index (χ4v) is 2.99. The van der Waals surface area contributed by atoms with Crippen molar-refractivity contribution < 1.29 is 15.0 Å². The van der Waals surface area contributed by atoms with Crippen LogP contribution < -0.4 is 5.32 Å². The van der Waals surface area contributed by atoms with E-state index in [1.54, 1.807) is 24.3 Å². The molecule has 1 saturated carbocycles. The van der Waals surface area contributed by atoms with Gasteiger partial charge < -0.3 is 15.5 Å². The molecule has 0 aliphatic heterocycles. The molecule has 0 saturated heterocycles. The van der Waals surface area contributed by atoms with Crippen LogP contribution in [0.25, 0.3) is 0 Å². The monoisotopic (exact) mass is 311 g/mol. The van der Waals surface area contributed by atoms with Crippen LogP contribution in [-0.4, -0.2) is 28.3 Å². The lowest BCUT2D eigenvalue weighted by Gasteiger charge is -2.32. The number of hydrogen-bond acceptors (Lipinski definition) is 3. The second kappa shape index (κ2) is 7.25. The molecule has 3 N–H and O–H groups in total. The molecule has 21 heavy (non-hydrogen) atoms. The maximum Gasteiger partial charge on any atom is 0.223 e. The standard InChI is InChI=1S/C16H22ClNO3/c17-13-6-4-12(5-7-13)14(11-19)18-15(20)10-16(21)8-2-1-3-9-16/h4-7,14,19,21H,1-3,8-11H2,(H,18,20). The Kier molecular flexibility index (Phi) is 5.62. The number of hydrogen-bond donors (Lipinski definition) is 3. The molecule has 1 aliphatic carbocycles. The summed E-state index contributed by atoms with van der Waals surface area (Å²) in [5.41, 5.74) is -0.0895. The third kappa shape index (κ3) is 4.70. The van der Waals surface area contributed by atoms with Gasteiger partial charge in [0.25, 0.3) is 0 Å². The van der Waals surface area contributed by atoms with Gasteiger partial charge in [0.2, 0.25) is 5.91 Å². The number of rotatable bonds is 5. The highest BCUT2D eigenvalue weighted by molar-refractivity contribution is 6.30. The molecule has 116 valence electrons. The number of aliphatic hydroxyl groups is 2. The molecule has 0 spiro atoms. The number of carbonyl (C=O) groups is 1. The highest BCUT2D eigenvalue weighted by Gasteiger charge is 2.32. The van der Waals surface area contributed by atoms with E-state index in [9.17, 15) is 15.0 Å². The van der Waals surface area contributed by atoms with E-state index < -0.39 is 11.6 Å². The zero-order valence-corrected chi connectivity index (χ0v) is 12.8. The lowest BCUT2D eigenvalue weighted by Crippen LogP contribution is -2.40. The molecule has 0 bridgehead atoms. The summed E-state index contributed by atoms with van der Waals surface area (Å²) in [6.07, 6.45) is 4.48. The molecular formula is C16H22ClNO3. The number of benzene rings is 1. The Morgan fingerprint density at radius 3 is 2.43 bits per heavy atom. The Hall–Kier alpha value is -1.10. The predicted molar refractivity (Wildman–Crippen MR) is 82.1 cm³/mol. The topological polar surface area (TPSA) is 69.6 Å². The van der Waals surface area contributed by atoms with Crippen molar-refractivity contribution in [2.45, 2.75) is 50.2 Å². The summed E-state index contributed by atoms with van der Waals surface area (Å²) in [6, 6.07) is 6.53. The van der Waals surface area contributed by atoms with Crippen LogP contribution in [0.1, 0.15) is 50.1 Å². The van der Waals surface area contributed by atoms with E-state index in [0.717, 1.165) is 24.8 Å². The van der Waals surface area contributed by atoms with E-state index in [2.05, 4.69) is 5.32 Å². The SMILES string of the molecule is O=C(CC1(O)CCCCC1)NC(CO)c1ccc(Cl)cc1. The molecule has 1 fully saturated rings. The predicted octanol–water partition coefficient (Wildman–Crippen LogP) is 2.57. The third-order valence-electron chi connectivity index (χ3n) is 4.06. The van der Waals surface area contributed by atoms with Gasteiger partial charge in [-0.1, -0.05) is 43.0 Å². The smallest absolute Gasteiger partial charge is 0.223 e. The first-order valence-corrected chi connectivity index (χ1v) is 7.78. The minimum atomic E-state index is -0.887.